The molecule has 1 aliphatic rings. The summed E-state index contributed by atoms with van der Waals surface area (Å²) in [4.78, 5) is 0. The van der Waals surface area contributed by atoms with Crippen LogP contribution in [0, 0.1) is 0 Å². The molecule has 0 saturated carbocycles. The average Bonchev–Trinajstić information content (AvgIpc) is 2.50. The van der Waals surface area contributed by atoms with Gasteiger partial charge in [0.05, 0.1) is 18.8 Å². The van der Waals surface area contributed by atoms with Crippen LogP contribution in [0.5, 0.6) is 0 Å². The van der Waals surface area contributed by atoms with Crippen molar-refractivity contribution in [2.75, 3.05) is 19.8 Å². The van der Waals surface area contributed by atoms with E-state index in [1.54, 1.807) is 0 Å². The Morgan fingerprint density at radius 2 is 1.93 bits per heavy atom. The van der Waals surface area contributed by atoms with Gasteiger partial charge in [-0.25, -0.2) is 0 Å². The van der Waals surface area contributed by atoms with E-state index in [4.69, 9.17) is 10.5 Å². The first kappa shape index (κ1) is 11.7. The fourth-order valence-electron chi connectivity index (χ4n) is 1.38. The molecular weight excluding hydrogens is 199 g/mol. The van der Waals surface area contributed by atoms with Gasteiger partial charge in [0.15, 0.2) is 0 Å². The second-order valence-electron chi connectivity index (χ2n) is 3.32. The smallest absolute Gasteiger partial charge is 0.371 e. The Kier molecular flexibility index (Phi) is 4.15. The zero-order valence-electron chi connectivity index (χ0n) is 7.72. The van der Waals surface area contributed by atoms with Crippen molar-refractivity contribution in [3.05, 3.63) is 0 Å². The Balaban J connectivity index is 2.09. The molecule has 2 N–H and O–H groups in total. The lowest BCUT2D eigenvalue weighted by Crippen LogP contribution is -2.25. The lowest BCUT2D eigenvalue weighted by Gasteiger charge is -2.13. The van der Waals surface area contributed by atoms with Gasteiger partial charge in [-0.15, -0.1) is 0 Å². The quantitative estimate of drug-likeness (QED) is 0.759. The minimum atomic E-state index is -4.26. The standard InChI is InChI=1S/C8H14F3NO2/c9-8(10,11)5-13-4-7-2-1-6(3-12)14-7/h6-7H,1-5,12H2. The fraction of sp³-hybridized carbons (Fsp3) is 1.00. The number of rotatable bonds is 4. The fourth-order valence-corrected chi connectivity index (χ4v) is 1.38. The zero-order chi connectivity index (χ0) is 10.6. The maximum atomic E-state index is 11.7. The SMILES string of the molecule is NCC1CCC(COCC(F)(F)F)O1. The Morgan fingerprint density at radius 3 is 2.43 bits per heavy atom. The van der Waals surface area contributed by atoms with Gasteiger partial charge in [-0.1, -0.05) is 0 Å². The van der Waals surface area contributed by atoms with Gasteiger partial charge in [-0.3, -0.25) is 0 Å². The molecular formula is C8H14F3NO2. The van der Waals surface area contributed by atoms with Crippen LogP contribution in [0.15, 0.2) is 0 Å². The summed E-state index contributed by atoms with van der Waals surface area (Å²) < 4.78 is 44.9. The molecule has 0 aromatic heterocycles. The predicted molar refractivity (Wildman–Crippen MR) is 43.8 cm³/mol. The van der Waals surface area contributed by atoms with E-state index in [0.29, 0.717) is 6.54 Å². The van der Waals surface area contributed by atoms with Gasteiger partial charge < -0.3 is 15.2 Å². The molecule has 14 heavy (non-hydrogen) atoms. The summed E-state index contributed by atoms with van der Waals surface area (Å²) in [7, 11) is 0. The summed E-state index contributed by atoms with van der Waals surface area (Å²) in [6, 6.07) is 0. The van der Waals surface area contributed by atoms with E-state index >= 15 is 0 Å². The molecule has 0 amide bonds. The Hall–Kier alpha value is -0.330. The third-order valence-corrected chi connectivity index (χ3v) is 2.03. The highest BCUT2D eigenvalue weighted by Crippen LogP contribution is 2.20. The molecule has 0 aromatic rings. The first-order valence-corrected chi connectivity index (χ1v) is 4.51. The second-order valence-corrected chi connectivity index (χ2v) is 3.32. The molecule has 0 aliphatic carbocycles. The van der Waals surface area contributed by atoms with E-state index in [9.17, 15) is 13.2 Å². The molecule has 0 spiro atoms. The van der Waals surface area contributed by atoms with Crippen molar-refractivity contribution < 1.29 is 22.6 Å². The first-order chi connectivity index (χ1) is 6.51. The maximum Gasteiger partial charge on any atom is 0.411 e. The highest BCUT2D eigenvalue weighted by atomic mass is 19.4. The molecule has 1 fully saturated rings. The van der Waals surface area contributed by atoms with E-state index in [1.807, 2.05) is 0 Å². The van der Waals surface area contributed by atoms with Crippen LogP contribution >= 0.6 is 0 Å². The van der Waals surface area contributed by atoms with Gasteiger partial charge in [0.2, 0.25) is 0 Å². The lowest BCUT2D eigenvalue weighted by atomic mass is 10.2. The van der Waals surface area contributed by atoms with E-state index in [2.05, 4.69) is 4.74 Å². The van der Waals surface area contributed by atoms with Crippen molar-refractivity contribution in [2.45, 2.75) is 31.2 Å². The topological polar surface area (TPSA) is 44.5 Å². The van der Waals surface area contributed by atoms with Crippen molar-refractivity contribution in [1.82, 2.24) is 0 Å². The predicted octanol–water partition coefficient (Wildman–Crippen LogP) is 1.07. The average molecular weight is 213 g/mol. The van der Waals surface area contributed by atoms with Crippen LogP contribution in [-0.2, 0) is 9.47 Å². The Labute approximate surface area is 80.4 Å². The first-order valence-electron chi connectivity index (χ1n) is 4.51. The molecule has 84 valence electrons. The second kappa shape index (κ2) is 4.95. The largest absolute Gasteiger partial charge is 0.411 e. The Morgan fingerprint density at radius 1 is 1.29 bits per heavy atom. The molecule has 0 radical (unpaired) electrons. The van der Waals surface area contributed by atoms with Crippen LogP contribution in [-0.4, -0.2) is 38.1 Å². The molecule has 1 heterocycles. The summed E-state index contributed by atoms with van der Waals surface area (Å²) in [6.45, 7) is -0.800. The lowest BCUT2D eigenvalue weighted by molar-refractivity contribution is -0.180. The normalized spacial score (nSPS) is 28.3. The molecule has 3 nitrogen and oxygen atoms in total. The summed E-state index contributed by atoms with van der Waals surface area (Å²) >= 11 is 0. The number of ether oxygens (including phenoxy) is 2. The van der Waals surface area contributed by atoms with Crippen molar-refractivity contribution in [3.63, 3.8) is 0 Å². The molecule has 1 aliphatic heterocycles. The molecule has 2 atom stereocenters. The van der Waals surface area contributed by atoms with E-state index in [-0.39, 0.29) is 18.8 Å². The molecule has 0 bridgehead atoms. The highest BCUT2D eigenvalue weighted by molar-refractivity contribution is 4.73. The van der Waals surface area contributed by atoms with Crippen LogP contribution < -0.4 is 5.73 Å². The van der Waals surface area contributed by atoms with Gasteiger partial charge in [0.25, 0.3) is 0 Å². The van der Waals surface area contributed by atoms with Crippen LogP contribution in [0.25, 0.3) is 0 Å². The summed E-state index contributed by atoms with van der Waals surface area (Å²) in [5, 5.41) is 0. The van der Waals surface area contributed by atoms with Crippen LogP contribution in [0.3, 0.4) is 0 Å². The van der Waals surface area contributed by atoms with Gasteiger partial charge >= 0.3 is 6.18 Å². The van der Waals surface area contributed by atoms with Crippen molar-refractivity contribution in [2.24, 2.45) is 5.73 Å². The third kappa shape index (κ3) is 4.26. The number of hydrogen-bond donors (Lipinski definition) is 1. The molecule has 0 aromatic carbocycles. The molecule has 1 saturated heterocycles. The van der Waals surface area contributed by atoms with E-state index < -0.39 is 12.8 Å². The van der Waals surface area contributed by atoms with Crippen LogP contribution in [0.4, 0.5) is 13.2 Å². The Bertz CT molecular complexity index is 174. The summed E-state index contributed by atoms with van der Waals surface area (Å²) in [6.07, 6.45) is -2.98. The van der Waals surface area contributed by atoms with Crippen LogP contribution in [0.2, 0.25) is 0 Å². The highest BCUT2D eigenvalue weighted by Gasteiger charge is 2.29. The minimum Gasteiger partial charge on any atom is -0.371 e. The molecule has 2 unspecified atom stereocenters. The van der Waals surface area contributed by atoms with Crippen molar-refractivity contribution >= 4 is 0 Å². The van der Waals surface area contributed by atoms with Crippen molar-refractivity contribution in [3.8, 4) is 0 Å². The minimum absolute atomic E-state index is 0.00396. The monoisotopic (exact) mass is 213 g/mol. The number of nitrogens with two attached hydrogens (primary N) is 1. The van der Waals surface area contributed by atoms with Gasteiger partial charge in [0, 0.05) is 6.54 Å². The third-order valence-electron chi connectivity index (χ3n) is 2.03. The van der Waals surface area contributed by atoms with Crippen LogP contribution in [0.1, 0.15) is 12.8 Å². The summed E-state index contributed by atoms with van der Waals surface area (Å²) in [5.41, 5.74) is 5.35. The maximum absolute atomic E-state index is 11.7. The molecule has 1 rings (SSSR count). The van der Waals surface area contributed by atoms with Crippen molar-refractivity contribution in [1.29, 1.82) is 0 Å². The number of alkyl halides is 3. The number of halogens is 3. The van der Waals surface area contributed by atoms with Gasteiger partial charge in [-0.2, -0.15) is 13.2 Å². The van der Waals surface area contributed by atoms with Gasteiger partial charge in [-0.05, 0) is 12.8 Å². The summed E-state index contributed by atoms with van der Waals surface area (Å²) in [5.74, 6) is 0. The number of hydrogen-bond acceptors (Lipinski definition) is 3. The van der Waals surface area contributed by atoms with Gasteiger partial charge in [0.1, 0.15) is 6.61 Å². The van der Waals surface area contributed by atoms with E-state index in [1.165, 1.54) is 0 Å². The van der Waals surface area contributed by atoms with E-state index in [0.717, 1.165) is 12.8 Å². The zero-order valence-corrected chi connectivity index (χ0v) is 7.72. The molecule has 6 heteroatoms.